The Hall–Kier alpha value is -1.39. The van der Waals surface area contributed by atoms with Gasteiger partial charge in [-0.05, 0) is 30.5 Å². The van der Waals surface area contributed by atoms with Gasteiger partial charge in [0.25, 0.3) is 0 Å². The van der Waals surface area contributed by atoms with Gasteiger partial charge in [0.05, 0.1) is 12.0 Å². The lowest BCUT2D eigenvalue weighted by atomic mass is 9.93. The van der Waals surface area contributed by atoms with Crippen LogP contribution in [0.5, 0.6) is 0 Å². The van der Waals surface area contributed by atoms with Crippen LogP contribution in [0.25, 0.3) is 0 Å². The van der Waals surface area contributed by atoms with E-state index >= 15 is 0 Å². The Bertz CT molecular complexity index is 507. The number of carbonyl (C=O) groups is 1. The molecule has 1 aromatic rings. The minimum absolute atomic E-state index is 0.0400. The first kappa shape index (κ1) is 16.0. The number of aliphatic hydroxyl groups is 1. The maximum Gasteiger partial charge on any atom is 0.226 e. The summed E-state index contributed by atoms with van der Waals surface area (Å²) < 4.78 is 5.26. The van der Waals surface area contributed by atoms with Gasteiger partial charge in [-0.3, -0.25) is 4.79 Å². The van der Waals surface area contributed by atoms with Crippen molar-refractivity contribution in [1.29, 1.82) is 0 Å². The van der Waals surface area contributed by atoms with Gasteiger partial charge in [0.2, 0.25) is 5.91 Å². The maximum atomic E-state index is 12.3. The molecule has 1 amide bonds. The summed E-state index contributed by atoms with van der Waals surface area (Å²) in [6.07, 6.45) is 1.56. The van der Waals surface area contributed by atoms with Crippen molar-refractivity contribution in [2.75, 3.05) is 26.8 Å². The Kier molecular flexibility index (Phi) is 5.01. The van der Waals surface area contributed by atoms with Crippen molar-refractivity contribution < 1.29 is 14.6 Å². The maximum absolute atomic E-state index is 12.3. The zero-order valence-corrected chi connectivity index (χ0v) is 13.2. The fourth-order valence-electron chi connectivity index (χ4n) is 2.66. The highest BCUT2D eigenvalue weighted by molar-refractivity contribution is 5.78. The average Bonchev–Trinajstić information content (AvgIpc) is 2.43. The van der Waals surface area contributed by atoms with Gasteiger partial charge in [-0.15, -0.1) is 0 Å². The first-order chi connectivity index (χ1) is 9.89. The van der Waals surface area contributed by atoms with E-state index in [2.05, 4.69) is 19.9 Å². The summed E-state index contributed by atoms with van der Waals surface area (Å²) in [5.41, 5.74) is 2.65. The van der Waals surface area contributed by atoms with Crippen molar-refractivity contribution in [1.82, 2.24) is 4.90 Å². The van der Waals surface area contributed by atoms with E-state index in [0.29, 0.717) is 39.0 Å². The Morgan fingerprint density at radius 3 is 2.57 bits per heavy atom. The van der Waals surface area contributed by atoms with E-state index in [1.807, 2.05) is 12.1 Å². The molecular formula is C17H25NO3. The van der Waals surface area contributed by atoms with Gasteiger partial charge in [-0.1, -0.05) is 18.2 Å². The van der Waals surface area contributed by atoms with Gasteiger partial charge in [-0.2, -0.15) is 0 Å². The smallest absolute Gasteiger partial charge is 0.226 e. The van der Waals surface area contributed by atoms with Crippen LogP contribution in [0.15, 0.2) is 18.2 Å². The van der Waals surface area contributed by atoms with Crippen LogP contribution >= 0.6 is 0 Å². The van der Waals surface area contributed by atoms with Crippen LogP contribution in [0, 0.1) is 13.8 Å². The van der Waals surface area contributed by atoms with E-state index in [0.717, 1.165) is 5.56 Å². The number of likely N-dealkylation sites (N-methyl/N-ethyl adjacent to an activating group) is 1. The number of hydrogen-bond acceptors (Lipinski definition) is 3. The van der Waals surface area contributed by atoms with Gasteiger partial charge in [-0.25, -0.2) is 0 Å². The molecule has 4 heteroatoms. The van der Waals surface area contributed by atoms with E-state index in [1.165, 1.54) is 11.1 Å². The molecule has 1 fully saturated rings. The molecule has 1 heterocycles. The second kappa shape index (κ2) is 6.58. The van der Waals surface area contributed by atoms with Crippen LogP contribution in [-0.2, 0) is 16.0 Å². The second-order valence-electron chi connectivity index (χ2n) is 6.18. The highest BCUT2D eigenvalue weighted by Gasteiger charge is 2.32. The highest BCUT2D eigenvalue weighted by atomic mass is 16.5. The lowest BCUT2D eigenvalue weighted by Crippen LogP contribution is -2.47. The first-order valence-corrected chi connectivity index (χ1v) is 7.50. The molecule has 1 saturated heterocycles. The van der Waals surface area contributed by atoms with E-state index in [1.54, 1.807) is 11.9 Å². The molecule has 0 saturated carbocycles. The van der Waals surface area contributed by atoms with Crippen molar-refractivity contribution in [3.05, 3.63) is 34.9 Å². The number of carbonyl (C=O) groups excluding carboxylic acids is 1. The molecule has 1 N–H and O–H groups in total. The van der Waals surface area contributed by atoms with Gasteiger partial charge < -0.3 is 14.7 Å². The summed E-state index contributed by atoms with van der Waals surface area (Å²) >= 11 is 0. The van der Waals surface area contributed by atoms with Crippen molar-refractivity contribution in [2.24, 2.45) is 0 Å². The van der Waals surface area contributed by atoms with Gasteiger partial charge in [0.1, 0.15) is 0 Å². The Labute approximate surface area is 126 Å². The van der Waals surface area contributed by atoms with Crippen LogP contribution < -0.4 is 0 Å². The molecular weight excluding hydrogens is 266 g/mol. The summed E-state index contributed by atoms with van der Waals surface area (Å²) in [6.45, 7) is 5.62. The van der Waals surface area contributed by atoms with Crippen LogP contribution in [0.2, 0.25) is 0 Å². The standard InChI is InChI=1S/C17H25NO3/c1-13-4-5-15(10-14(13)2)11-16(19)18(3)12-17(20)6-8-21-9-7-17/h4-5,10,20H,6-9,11-12H2,1-3H3. The number of rotatable bonds is 4. The molecule has 0 atom stereocenters. The molecule has 1 aromatic carbocycles. The predicted octanol–water partition coefficient (Wildman–Crippen LogP) is 1.85. The first-order valence-electron chi connectivity index (χ1n) is 7.50. The number of hydrogen-bond donors (Lipinski definition) is 1. The number of benzene rings is 1. The molecule has 2 rings (SSSR count). The third-order valence-corrected chi connectivity index (χ3v) is 4.31. The molecule has 0 spiro atoms. The summed E-state index contributed by atoms with van der Waals surface area (Å²) in [7, 11) is 1.76. The summed E-state index contributed by atoms with van der Waals surface area (Å²) in [5.74, 6) is 0.0400. The molecule has 21 heavy (non-hydrogen) atoms. The normalized spacial score (nSPS) is 17.5. The number of nitrogens with zero attached hydrogens (tertiary/aromatic N) is 1. The van der Waals surface area contributed by atoms with Gasteiger partial charge in [0.15, 0.2) is 0 Å². The minimum Gasteiger partial charge on any atom is -0.388 e. The summed E-state index contributed by atoms with van der Waals surface area (Å²) in [5, 5.41) is 10.5. The van der Waals surface area contributed by atoms with Crippen LogP contribution in [-0.4, -0.2) is 48.3 Å². The van der Waals surface area contributed by atoms with E-state index in [4.69, 9.17) is 4.74 Å². The summed E-state index contributed by atoms with van der Waals surface area (Å²) in [4.78, 5) is 13.9. The average molecular weight is 291 g/mol. The molecule has 0 radical (unpaired) electrons. The topological polar surface area (TPSA) is 49.8 Å². The van der Waals surface area contributed by atoms with Crippen LogP contribution in [0.1, 0.15) is 29.5 Å². The molecule has 1 aliphatic heterocycles. The fourth-order valence-corrected chi connectivity index (χ4v) is 2.66. The molecule has 0 aromatic heterocycles. The Morgan fingerprint density at radius 1 is 1.29 bits per heavy atom. The zero-order chi connectivity index (χ0) is 15.5. The Balaban J connectivity index is 1.94. The quantitative estimate of drug-likeness (QED) is 0.921. The minimum atomic E-state index is -0.800. The fraction of sp³-hybridized carbons (Fsp3) is 0.588. The third-order valence-electron chi connectivity index (χ3n) is 4.31. The molecule has 4 nitrogen and oxygen atoms in total. The van der Waals surface area contributed by atoms with Crippen LogP contribution in [0.3, 0.4) is 0 Å². The van der Waals surface area contributed by atoms with Crippen molar-refractivity contribution in [3.8, 4) is 0 Å². The molecule has 1 aliphatic rings. The van der Waals surface area contributed by atoms with Crippen molar-refractivity contribution in [2.45, 2.75) is 38.7 Å². The zero-order valence-electron chi connectivity index (χ0n) is 13.2. The lowest BCUT2D eigenvalue weighted by Gasteiger charge is -2.35. The monoisotopic (exact) mass is 291 g/mol. The van der Waals surface area contributed by atoms with Crippen LogP contribution in [0.4, 0.5) is 0 Å². The molecule has 0 unspecified atom stereocenters. The largest absolute Gasteiger partial charge is 0.388 e. The van der Waals surface area contributed by atoms with Gasteiger partial charge in [0, 0.05) is 39.6 Å². The predicted molar refractivity (Wildman–Crippen MR) is 82.3 cm³/mol. The Morgan fingerprint density at radius 2 is 1.95 bits per heavy atom. The second-order valence-corrected chi connectivity index (χ2v) is 6.18. The van der Waals surface area contributed by atoms with Crippen molar-refractivity contribution in [3.63, 3.8) is 0 Å². The van der Waals surface area contributed by atoms with E-state index in [9.17, 15) is 9.90 Å². The number of amides is 1. The molecule has 116 valence electrons. The van der Waals surface area contributed by atoms with Crippen molar-refractivity contribution >= 4 is 5.91 Å². The van der Waals surface area contributed by atoms with E-state index in [-0.39, 0.29) is 5.91 Å². The van der Waals surface area contributed by atoms with Gasteiger partial charge >= 0.3 is 0 Å². The highest BCUT2D eigenvalue weighted by Crippen LogP contribution is 2.21. The third kappa shape index (κ3) is 4.29. The van der Waals surface area contributed by atoms with E-state index < -0.39 is 5.60 Å². The lowest BCUT2D eigenvalue weighted by molar-refractivity contribution is -0.136. The summed E-state index contributed by atoms with van der Waals surface area (Å²) in [6, 6.07) is 6.10. The number of aryl methyl sites for hydroxylation is 2. The molecule has 0 bridgehead atoms. The number of ether oxygens (including phenoxy) is 1. The SMILES string of the molecule is Cc1ccc(CC(=O)N(C)CC2(O)CCOCC2)cc1C. The molecule has 0 aliphatic carbocycles.